The first-order chi connectivity index (χ1) is 9.19. The Morgan fingerprint density at radius 2 is 1.58 bits per heavy atom. The van der Waals surface area contributed by atoms with Crippen LogP contribution in [0.1, 0.15) is 36.1 Å². The summed E-state index contributed by atoms with van der Waals surface area (Å²) in [7, 11) is 0. The van der Waals surface area contributed by atoms with Crippen LogP contribution in [-0.4, -0.2) is 0 Å². The van der Waals surface area contributed by atoms with E-state index in [4.69, 9.17) is 0 Å². The van der Waals surface area contributed by atoms with E-state index in [-0.39, 0.29) is 0 Å². The van der Waals surface area contributed by atoms with Crippen LogP contribution in [-0.2, 0) is 12.8 Å². The molecule has 1 radical (unpaired) electrons. The Labute approximate surface area is 131 Å². The summed E-state index contributed by atoms with van der Waals surface area (Å²) in [5.74, 6) is 0. The minimum atomic E-state index is 1.06. The summed E-state index contributed by atoms with van der Waals surface area (Å²) in [6.07, 6.45) is 4.46. The van der Waals surface area contributed by atoms with Gasteiger partial charge in [-0.25, -0.2) is 0 Å². The first-order valence-electron chi connectivity index (χ1n) is 6.65. The highest BCUT2D eigenvalue weighted by Crippen LogP contribution is 2.48. The number of benzene rings is 2. The molecule has 1 aliphatic carbocycles. The first kappa shape index (κ1) is 13.4. The largest absolute Gasteiger partial charge is 0.0619 e. The Kier molecular flexibility index (Phi) is 3.57. The number of rotatable bonds is 2. The molecule has 2 aromatic carbocycles. The van der Waals surface area contributed by atoms with Crippen molar-refractivity contribution in [2.24, 2.45) is 0 Å². The molecule has 0 fully saturated rings. The molecule has 1 aliphatic rings. The third kappa shape index (κ3) is 1.92. The molecule has 0 aromatic heterocycles. The molecular weight excluding hydrogens is 364 g/mol. The topological polar surface area (TPSA) is 0 Å². The Hall–Kier alpha value is -0.600. The molecule has 0 saturated carbocycles. The van der Waals surface area contributed by atoms with E-state index in [0.29, 0.717) is 0 Å². The van der Waals surface area contributed by atoms with Gasteiger partial charge in [-0.05, 0) is 72.5 Å². The summed E-state index contributed by atoms with van der Waals surface area (Å²) in [5, 5.41) is 0. The number of hydrogen-bond donors (Lipinski definition) is 0. The molecule has 3 rings (SSSR count). The van der Waals surface area contributed by atoms with Gasteiger partial charge in [0.2, 0.25) is 0 Å². The number of halogens is 2. The van der Waals surface area contributed by atoms with Gasteiger partial charge in [-0.3, -0.25) is 0 Å². The molecule has 97 valence electrons. The molecule has 0 nitrogen and oxygen atoms in total. The van der Waals surface area contributed by atoms with Crippen molar-refractivity contribution >= 4 is 31.9 Å². The number of fused-ring (bicyclic) bond motifs is 3. The molecule has 0 bridgehead atoms. The van der Waals surface area contributed by atoms with E-state index in [1.807, 2.05) is 0 Å². The lowest BCUT2D eigenvalue weighted by molar-refractivity contribution is 1.02. The molecule has 2 heteroatoms. The van der Waals surface area contributed by atoms with Gasteiger partial charge in [-0.2, -0.15) is 0 Å². The lowest BCUT2D eigenvalue weighted by atomic mass is 9.93. The Morgan fingerprint density at radius 1 is 0.895 bits per heavy atom. The second kappa shape index (κ2) is 5.06. The molecule has 0 aliphatic heterocycles. The van der Waals surface area contributed by atoms with Gasteiger partial charge in [0, 0.05) is 20.9 Å². The van der Waals surface area contributed by atoms with Crippen molar-refractivity contribution < 1.29 is 0 Å². The molecule has 0 N–H and O–H groups in total. The maximum atomic E-state index is 3.79. The van der Waals surface area contributed by atoms with E-state index in [1.54, 1.807) is 0 Å². The molecule has 0 spiro atoms. The van der Waals surface area contributed by atoms with Crippen molar-refractivity contribution in [1.29, 1.82) is 0 Å². The lowest BCUT2D eigenvalue weighted by Gasteiger charge is -2.17. The van der Waals surface area contributed by atoms with E-state index < -0.39 is 0 Å². The summed E-state index contributed by atoms with van der Waals surface area (Å²) in [6.45, 7) is 4.46. The molecule has 0 atom stereocenters. The fourth-order valence-corrected chi connectivity index (χ4v) is 4.39. The van der Waals surface area contributed by atoms with Gasteiger partial charge in [0.05, 0.1) is 0 Å². The molecule has 2 aromatic rings. The van der Waals surface area contributed by atoms with Gasteiger partial charge in [0.15, 0.2) is 0 Å². The van der Waals surface area contributed by atoms with E-state index in [0.717, 1.165) is 12.8 Å². The molecule has 0 amide bonds. The summed E-state index contributed by atoms with van der Waals surface area (Å²) < 4.78 is 2.41. The zero-order chi connectivity index (χ0) is 13.6. The van der Waals surface area contributed by atoms with Crippen LogP contribution in [0.15, 0.2) is 33.2 Å². The maximum Gasteiger partial charge on any atom is 0.0401 e. The average Bonchev–Trinajstić information content (AvgIpc) is 2.81. The van der Waals surface area contributed by atoms with Gasteiger partial charge < -0.3 is 0 Å². The quantitative estimate of drug-likeness (QED) is 0.519. The monoisotopic (exact) mass is 377 g/mol. The zero-order valence-corrected chi connectivity index (χ0v) is 14.2. The van der Waals surface area contributed by atoms with Crippen LogP contribution >= 0.6 is 31.9 Å². The third-order valence-corrected chi connectivity index (χ3v) is 6.07. The van der Waals surface area contributed by atoms with Crippen LogP contribution in [0.3, 0.4) is 0 Å². The Bertz CT molecular complexity index is 657. The minimum Gasteiger partial charge on any atom is -0.0619 e. The maximum absolute atomic E-state index is 3.79. The van der Waals surface area contributed by atoms with E-state index in [2.05, 4.69) is 76.4 Å². The van der Waals surface area contributed by atoms with E-state index in [1.165, 1.54) is 42.3 Å². The predicted molar refractivity (Wildman–Crippen MR) is 88.5 cm³/mol. The third-order valence-electron chi connectivity index (χ3n) is 3.87. The van der Waals surface area contributed by atoms with Gasteiger partial charge in [0.1, 0.15) is 0 Å². The SMILES string of the molecule is CCc1c(Br)c(Br)c2c(c1CC)[CH]c1ccccc1-2. The van der Waals surface area contributed by atoms with Gasteiger partial charge >= 0.3 is 0 Å². The van der Waals surface area contributed by atoms with Crippen molar-refractivity contribution in [3.63, 3.8) is 0 Å². The van der Waals surface area contributed by atoms with Crippen molar-refractivity contribution in [2.45, 2.75) is 26.7 Å². The first-order valence-corrected chi connectivity index (χ1v) is 8.24. The average molecular weight is 379 g/mol. The van der Waals surface area contributed by atoms with Crippen LogP contribution in [0.2, 0.25) is 0 Å². The number of hydrogen-bond acceptors (Lipinski definition) is 0. The normalized spacial score (nSPS) is 12.4. The second-order valence-electron chi connectivity index (χ2n) is 4.81. The van der Waals surface area contributed by atoms with Gasteiger partial charge in [-0.1, -0.05) is 38.1 Å². The summed E-state index contributed by atoms with van der Waals surface area (Å²) in [6, 6.07) is 8.62. The van der Waals surface area contributed by atoms with Crippen molar-refractivity contribution in [2.75, 3.05) is 0 Å². The molecule has 0 heterocycles. The van der Waals surface area contributed by atoms with Gasteiger partial charge in [-0.15, -0.1) is 0 Å². The van der Waals surface area contributed by atoms with E-state index >= 15 is 0 Å². The molecule has 19 heavy (non-hydrogen) atoms. The summed E-state index contributed by atoms with van der Waals surface area (Å²) >= 11 is 7.57. The molecule has 0 unspecified atom stereocenters. The van der Waals surface area contributed by atoms with Crippen LogP contribution in [0.25, 0.3) is 11.1 Å². The van der Waals surface area contributed by atoms with Gasteiger partial charge in [0.25, 0.3) is 0 Å². The fourth-order valence-electron chi connectivity index (χ4n) is 3.01. The fraction of sp³-hybridized carbons (Fsp3) is 0.235. The summed E-state index contributed by atoms with van der Waals surface area (Å²) in [5.41, 5.74) is 8.31. The van der Waals surface area contributed by atoms with Crippen molar-refractivity contribution in [3.05, 3.63) is 61.9 Å². The van der Waals surface area contributed by atoms with Crippen LogP contribution in [0, 0.1) is 6.42 Å². The highest BCUT2D eigenvalue weighted by molar-refractivity contribution is 9.13. The second-order valence-corrected chi connectivity index (χ2v) is 6.40. The minimum absolute atomic E-state index is 1.06. The smallest absolute Gasteiger partial charge is 0.0401 e. The lowest BCUT2D eigenvalue weighted by Crippen LogP contribution is -2.00. The highest BCUT2D eigenvalue weighted by Gasteiger charge is 2.27. The standard InChI is InChI=1S/C17H15Br2/c1-3-11-12(4-2)16(18)17(19)15-13-8-6-5-7-10(13)9-14(11)15/h5-9H,3-4H2,1-2H3. The molecular formula is C17H15Br2. The van der Waals surface area contributed by atoms with Crippen molar-refractivity contribution in [1.82, 2.24) is 0 Å². The Morgan fingerprint density at radius 3 is 2.26 bits per heavy atom. The van der Waals surface area contributed by atoms with Crippen LogP contribution < -0.4 is 0 Å². The molecule has 0 saturated heterocycles. The van der Waals surface area contributed by atoms with E-state index in [9.17, 15) is 0 Å². The predicted octanol–water partition coefficient (Wildman–Crippen LogP) is 5.92. The Balaban J connectivity index is 2.37. The van der Waals surface area contributed by atoms with Crippen molar-refractivity contribution in [3.8, 4) is 11.1 Å². The summed E-state index contributed by atoms with van der Waals surface area (Å²) in [4.78, 5) is 0. The zero-order valence-electron chi connectivity index (χ0n) is 11.1. The highest BCUT2D eigenvalue weighted by atomic mass is 79.9. The van der Waals surface area contributed by atoms with Crippen LogP contribution in [0.5, 0.6) is 0 Å². The van der Waals surface area contributed by atoms with Crippen LogP contribution in [0.4, 0.5) is 0 Å².